The Morgan fingerprint density at radius 3 is 2.64 bits per heavy atom. The summed E-state index contributed by atoms with van der Waals surface area (Å²) in [7, 11) is 0. The molecule has 0 spiro atoms. The predicted octanol–water partition coefficient (Wildman–Crippen LogP) is 4.00. The van der Waals surface area contributed by atoms with Crippen LogP contribution in [-0.4, -0.2) is 63.5 Å². The van der Waals surface area contributed by atoms with Gasteiger partial charge in [0.05, 0.1) is 23.8 Å². The summed E-state index contributed by atoms with van der Waals surface area (Å²) in [6.45, 7) is 3.37. The standard InChI is InChI=1S/C24H27F3N4O4S/c1-14-2-7-20(32)31(11-14)12-17(28-23(34)35)10-21(33)30-9-8-19-18(13-30)29-22(36-19)15-3-5-16(6-4-15)24(25,26)27/h3-6,14,17,28H,2,7-13H2,1H3,(H,34,35)/t14-,17+/m1/s1. The molecule has 0 bridgehead atoms. The molecule has 4 rings (SSSR count). The lowest BCUT2D eigenvalue weighted by molar-refractivity contribution is -0.137. The zero-order valence-electron chi connectivity index (χ0n) is 19.7. The maximum absolute atomic E-state index is 13.1. The van der Waals surface area contributed by atoms with Crippen LogP contribution >= 0.6 is 11.3 Å². The molecule has 2 aliphatic heterocycles. The van der Waals surface area contributed by atoms with Crippen LogP contribution in [0.3, 0.4) is 0 Å². The van der Waals surface area contributed by atoms with Crippen LogP contribution in [0, 0.1) is 5.92 Å². The van der Waals surface area contributed by atoms with Crippen molar-refractivity contribution in [3.05, 3.63) is 40.4 Å². The molecule has 1 saturated heterocycles. The molecule has 3 heterocycles. The van der Waals surface area contributed by atoms with E-state index in [0.29, 0.717) is 48.1 Å². The highest BCUT2D eigenvalue weighted by Crippen LogP contribution is 2.34. The van der Waals surface area contributed by atoms with E-state index in [4.69, 9.17) is 0 Å². The lowest BCUT2D eigenvalue weighted by atomic mass is 9.99. The molecule has 12 heteroatoms. The third kappa shape index (κ3) is 6.15. The fraction of sp³-hybridized carbons (Fsp3) is 0.500. The number of alkyl halides is 3. The summed E-state index contributed by atoms with van der Waals surface area (Å²) < 4.78 is 38.5. The maximum atomic E-state index is 13.1. The largest absolute Gasteiger partial charge is 0.465 e. The number of carboxylic acid groups (broad SMARTS) is 1. The third-order valence-electron chi connectivity index (χ3n) is 6.46. The van der Waals surface area contributed by atoms with Crippen LogP contribution in [0.1, 0.15) is 42.3 Å². The fourth-order valence-electron chi connectivity index (χ4n) is 4.55. The number of thiazole rings is 1. The highest BCUT2D eigenvalue weighted by atomic mass is 32.1. The number of aromatic nitrogens is 1. The smallest absolute Gasteiger partial charge is 0.416 e. The van der Waals surface area contributed by atoms with Crippen molar-refractivity contribution in [1.29, 1.82) is 0 Å². The van der Waals surface area contributed by atoms with Crippen molar-refractivity contribution in [2.75, 3.05) is 19.6 Å². The van der Waals surface area contributed by atoms with E-state index in [1.54, 1.807) is 9.80 Å². The van der Waals surface area contributed by atoms with Crippen molar-refractivity contribution in [2.24, 2.45) is 5.92 Å². The molecular weight excluding hydrogens is 497 g/mol. The van der Waals surface area contributed by atoms with Gasteiger partial charge in [0.1, 0.15) is 5.01 Å². The van der Waals surface area contributed by atoms with E-state index < -0.39 is 23.9 Å². The first kappa shape index (κ1) is 25.9. The summed E-state index contributed by atoms with van der Waals surface area (Å²) >= 11 is 1.40. The van der Waals surface area contributed by atoms with Gasteiger partial charge in [-0.2, -0.15) is 13.2 Å². The number of carbonyl (C=O) groups excluding carboxylic acids is 2. The second kappa shape index (κ2) is 10.5. The number of amides is 3. The van der Waals surface area contributed by atoms with Crippen molar-refractivity contribution >= 4 is 29.2 Å². The monoisotopic (exact) mass is 524 g/mol. The van der Waals surface area contributed by atoms with Gasteiger partial charge in [-0.3, -0.25) is 9.59 Å². The Bertz CT molecular complexity index is 1140. The van der Waals surface area contributed by atoms with E-state index in [1.807, 2.05) is 6.92 Å². The van der Waals surface area contributed by atoms with E-state index >= 15 is 0 Å². The molecule has 0 saturated carbocycles. The molecule has 0 radical (unpaired) electrons. The van der Waals surface area contributed by atoms with Crippen LogP contribution in [0.4, 0.5) is 18.0 Å². The summed E-state index contributed by atoms with van der Waals surface area (Å²) in [5.41, 5.74) is 0.540. The SMILES string of the molecule is C[C@@H]1CCC(=O)N(C[C@H](CC(=O)N2CCc3sc(-c4ccc(C(F)(F)F)cc4)nc3C2)NC(=O)O)C1. The van der Waals surface area contributed by atoms with Crippen LogP contribution < -0.4 is 5.32 Å². The van der Waals surface area contributed by atoms with Crippen LogP contribution in [-0.2, 0) is 28.7 Å². The van der Waals surface area contributed by atoms with Gasteiger partial charge in [0.25, 0.3) is 0 Å². The minimum Gasteiger partial charge on any atom is -0.465 e. The maximum Gasteiger partial charge on any atom is 0.416 e. The van der Waals surface area contributed by atoms with Gasteiger partial charge in [-0.25, -0.2) is 9.78 Å². The van der Waals surface area contributed by atoms with Gasteiger partial charge in [0.15, 0.2) is 0 Å². The van der Waals surface area contributed by atoms with Crippen molar-refractivity contribution in [3.8, 4) is 10.6 Å². The molecule has 36 heavy (non-hydrogen) atoms. The van der Waals surface area contributed by atoms with Gasteiger partial charge >= 0.3 is 12.3 Å². The van der Waals surface area contributed by atoms with Gasteiger partial charge in [-0.05, 0) is 24.5 Å². The number of hydrogen-bond acceptors (Lipinski definition) is 5. The van der Waals surface area contributed by atoms with E-state index in [0.717, 1.165) is 23.4 Å². The molecule has 8 nitrogen and oxygen atoms in total. The number of halogens is 3. The Morgan fingerprint density at radius 2 is 1.97 bits per heavy atom. The topological polar surface area (TPSA) is 103 Å². The Morgan fingerprint density at radius 1 is 1.25 bits per heavy atom. The van der Waals surface area contributed by atoms with Crippen molar-refractivity contribution in [3.63, 3.8) is 0 Å². The quantitative estimate of drug-likeness (QED) is 0.595. The van der Waals surface area contributed by atoms with Gasteiger partial charge < -0.3 is 20.2 Å². The van der Waals surface area contributed by atoms with Crippen molar-refractivity contribution in [1.82, 2.24) is 20.1 Å². The van der Waals surface area contributed by atoms with E-state index in [2.05, 4.69) is 10.3 Å². The Labute approximate surface area is 210 Å². The highest BCUT2D eigenvalue weighted by Gasteiger charge is 2.32. The number of likely N-dealkylation sites (tertiary alicyclic amines) is 1. The normalized spacial score (nSPS) is 19.1. The zero-order chi connectivity index (χ0) is 26.0. The summed E-state index contributed by atoms with van der Waals surface area (Å²) in [5.74, 6) is 0.0209. The number of nitrogens with zero attached hydrogens (tertiary/aromatic N) is 3. The number of fused-ring (bicyclic) bond motifs is 1. The van der Waals surface area contributed by atoms with Crippen LogP contribution in [0.5, 0.6) is 0 Å². The summed E-state index contributed by atoms with van der Waals surface area (Å²) in [6.07, 6.45) is -3.99. The predicted molar refractivity (Wildman–Crippen MR) is 126 cm³/mol. The number of rotatable bonds is 6. The minimum absolute atomic E-state index is 0.0429. The number of hydrogen-bond donors (Lipinski definition) is 2. The number of benzene rings is 1. The van der Waals surface area contributed by atoms with Gasteiger partial charge in [0, 0.05) is 49.3 Å². The molecule has 0 aliphatic carbocycles. The Balaban J connectivity index is 1.41. The summed E-state index contributed by atoms with van der Waals surface area (Å²) in [4.78, 5) is 45.4. The first-order valence-electron chi connectivity index (χ1n) is 11.7. The van der Waals surface area contributed by atoms with Gasteiger partial charge in [0.2, 0.25) is 11.8 Å². The van der Waals surface area contributed by atoms with Crippen LogP contribution in [0.2, 0.25) is 0 Å². The molecule has 2 N–H and O–H groups in total. The van der Waals surface area contributed by atoms with E-state index in [1.165, 1.54) is 23.5 Å². The molecule has 1 aromatic heterocycles. The highest BCUT2D eigenvalue weighted by molar-refractivity contribution is 7.15. The number of carbonyl (C=O) groups is 3. The minimum atomic E-state index is -4.41. The second-order valence-corrected chi connectivity index (χ2v) is 10.4. The average Bonchev–Trinajstić information content (AvgIpc) is 3.24. The molecule has 194 valence electrons. The third-order valence-corrected chi connectivity index (χ3v) is 7.67. The lowest BCUT2D eigenvalue weighted by Gasteiger charge is -2.34. The van der Waals surface area contributed by atoms with Crippen LogP contribution in [0.25, 0.3) is 10.6 Å². The number of piperidine rings is 1. The van der Waals surface area contributed by atoms with Crippen molar-refractivity contribution in [2.45, 2.75) is 51.4 Å². The Kier molecular flexibility index (Phi) is 7.53. The molecule has 2 atom stereocenters. The molecule has 3 amide bonds. The molecule has 1 aromatic carbocycles. The molecule has 0 unspecified atom stereocenters. The Hall–Kier alpha value is -3.15. The molecule has 2 aliphatic rings. The van der Waals surface area contributed by atoms with Crippen LogP contribution in [0.15, 0.2) is 24.3 Å². The number of nitrogens with one attached hydrogen (secondary N) is 1. The molecule has 1 fully saturated rings. The molecule has 2 aromatic rings. The lowest BCUT2D eigenvalue weighted by Crippen LogP contribution is -2.50. The summed E-state index contributed by atoms with van der Waals surface area (Å²) in [5, 5.41) is 12.2. The summed E-state index contributed by atoms with van der Waals surface area (Å²) in [6, 6.07) is 4.09. The van der Waals surface area contributed by atoms with Gasteiger partial charge in [-0.1, -0.05) is 19.1 Å². The van der Waals surface area contributed by atoms with E-state index in [9.17, 15) is 32.7 Å². The first-order chi connectivity index (χ1) is 17.0. The zero-order valence-corrected chi connectivity index (χ0v) is 20.5. The fourth-order valence-corrected chi connectivity index (χ4v) is 5.62. The van der Waals surface area contributed by atoms with Crippen molar-refractivity contribution < 1.29 is 32.7 Å². The van der Waals surface area contributed by atoms with E-state index in [-0.39, 0.29) is 31.3 Å². The van der Waals surface area contributed by atoms with Gasteiger partial charge in [-0.15, -0.1) is 11.3 Å². The second-order valence-electron chi connectivity index (χ2n) is 9.32. The first-order valence-corrected chi connectivity index (χ1v) is 12.5. The average molecular weight is 525 g/mol. The molecular formula is C24H27F3N4O4S.